The minimum atomic E-state index is -0.114. The maximum atomic E-state index is 4.55. The summed E-state index contributed by atoms with van der Waals surface area (Å²) in [5, 5.41) is 0. The third-order valence-electron chi connectivity index (χ3n) is 4.94. The molecule has 0 amide bonds. The van der Waals surface area contributed by atoms with Crippen LogP contribution >= 0.6 is 0 Å². The molecule has 122 valence electrons. The zero-order valence-electron chi connectivity index (χ0n) is 14.3. The van der Waals surface area contributed by atoms with Gasteiger partial charge in [0.25, 0.3) is 0 Å². The number of rotatable bonds is 3. The molecule has 0 saturated heterocycles. The minimum absolute atomic E-state index is 0.114. The van der Waals surface area contributed by atoms with Crippen LogP contribution in [0, 0.1) is 0 Å². The maximum absolute atomic E-state index is 4.55. The van der Waals surface area contributed by atoms with E-state index in [2.05, 4.69) is 87.8 Å². The summed E-state index contributed by atoms with van der Waals surface area (Å²) in [6.45, 7) is 5.34. The lowest BCUT2D eigenvalue weighted by Crippen LogP contribution is -2.43. The van der Waals surface area contributed by atoms with E-state index in [4.69, 9.17) is 0 Å². The van der Waals surface area contributed by atoms with Crippen molar-refractivity contribution in [3.63, 3.8) is 0 Å². The molecule has 0 bridgehead atoms. The Hall–Kier alpha value is -2.75. The van der Waals surface area contributed by atoms with Crippen LogP contribution in [0.4, 0.5) is 17.3 Å². The highest BCUT2D eigenvalue weighted by molar-refractivity contribution is 5.81. The SMILES string of the molecule is Cn1ccnc1N1CN(C(C)(C)c2ccccc2)c2ccccc21. The summed E-state index contributed by atoms with van der Waals surface area (Å²) < 4.78 is 2.07. The first-order valence-electron chi connectivity index (χ1n) is 8.26. The van der Waals surface area contributed by atoms with Gasteiger partial charge in [-0.2, -0.15) is 0 Å². The Labute approximate surface area is 143 Å². The molecule has 0 fully saturated rings. The average molecular weight is 318 g/mol. The van der Waals surface area contributed by atoms with Crippen molar-refractivity contribution in [2.75, 3.05) is 16.5 Å². The van der Waals surface area contributed by atoms with Gasteiger partial charge in [0.15, 0.2) is 0 Å². The number of hydrogen-bond acceptors (Lipinski definition) is 3. The van der Waals surface area contributed by atoms with Crippen LogP contribution in [0.25, 0.3) is 0 Å². The van der Waals surface area contributed by atoms with Gasteiger partial charge >= 0.3 is 0 Å². The number of fused-ring (bicyclic) bond motifs is 1. The van der Waals surface area contributed by atoms with Crippen LogP contribution < -0.4 is 9.80 Å². The molecule has 3 aromatic rings. The van der Waals surface area contributed by atoms with Crippen molar-refractivity contribution in [3.8, 4) is 0 Å². The van der Waals surface area contributed by atoms with E-state index in [0.717, 1.165) is 12.6 Å². The Morgan fingerprint density at radius 2 is 1.58 bits per heavy atom. The Morgan fingerprint density at radius 3 is 2.25 bits per heavy atom. The van der Waals surface area contributed by atoms with Crippen LogP contribution in [-0.2, 0) is 12.6 Å². The maximum Gasteiger partial charge on any atom is 0.211 e. The number of nitrogens with zero attached hydrogens (tertiary/aromatic N) is 4. The molecule has 4 rings (SSSR count). The first kappa shape index (κ1) is 14.8. The van der Waals surface area contributed by atoms with E-state index >= 15 is 0 Å². The van der Waals surface area contributed by atoms with Crippen molar-refractivity contribution < 1.29 is 0 Å². The van der Waals surface area contributed by atoms with Gasteiger partial charge in [-0.1, -0.05) is 42.5 Å². The van der Waals surface area contributed by atoms with E-state index in [-0.39, 0.29) is 5.54 Å². The topological polar surface area (TPSA) is 24.3 Å². The monoisotopic (exact) mass is 318 g/mol. The number of aromatic nitrogens is 2. The molecule has 1 aromatic heterocycles. The second-order valence-corrected chi connectivity index (χ2v) is 6.75. The van der Waals surface area contributed by atoms with Gasteiger partial charge in [0.1, 0.15) is 0 Å². The summed E-state index contributed by atoms with van der Waals surface area (Å²) in [5.41, 5.74) is 3.64. The van der Waals surface area contributed by atoms with Crippen LogP contribution in [0.5, 0.6) is 0 Å². The standard InChI is InChI=1S/C20H22N4/c1-20(2,16-9-5-4-6-10-16)24-15-23(19-21-13-14-22(19)3)17-11-7-8-12-18(17)24/h4-14H,15H2,1-3H3. The van der Waals surface area contributed by atoms with Crippen molar-refractivity contribution in [2.24, 2.45) is 7.05 Å². The quantitative estimate of drug-likeness (QED) is 0.721. The first-order chi connectivity index (χ1) is 11.6. The molecular formula is C20H22N4. The molecule has 1 aliphatic rings. The van der Waals surface area contributed by atoms with Crippen LogP contribution in [0.2, 0.25) is 0 Å². The van der Waals surface area contributed by atoms with E-state index in [0.29, 0.717) is 0 Å². The van der Waals surface area contributed by atoms with Gasteiger partial charge in [-0.05, 0) is 31.5 Å². The van der Waals surface area contributed by atoms with Crippen LogP contribution in [-0.4, -0.2) is 16.2 Å². The average Bonchev–Trinajstić information content (AvgIpc) is 3.19. The number of para-hydroxylation sites is 2. The predicted molar refractivity (Wildman–Crippen MR) is 98.6 cm³/mol. The summed E-state index contributed by atoms with van der Waals surface area (Å²) in [6, 6.07) is 19.2. The molecule has 0 atom stereocenters. The summed E-state index contributed by atoms with van der Waals surface area (Å²) >= 11 is 0. The van der Waals surface area contributed by atoms with Gasteiger partial charge in [-0.3, -0.25) is 4.90 Å². The van der Waals surface area contributed by atoms with E-state index in [1.807, 2.05) is 19.4 Å². The predicted octanol–water partition coefficient (Wildman–Crippen LogP) is 4.27. The van der Waals surface area contributed by atoms with Crippen molar-refractivity contribution in [1.82, 2.24) is 9.55 Å². The van der Waals surface area contributed by atoms with Crippen LogP contribution in [0.1, 0.15) is 19.4 Å². The fraction of sp³-hybridized carbons (Fsp3) is 0.250. The molecular weight excluding hydrogens is 296 g/mol. The second-order valence-electron chi connectivity index (χ2n) is 6.75. The Kier molecular flexibility index (Phi) is 3.34. The molecule has 24 heavy (non-hydrogen) atoms. The van der Waals surface area contributed by atoms with E-state index in [1.165, 1.54) is 16.9 Å². The molecule has 2 aromatic carbocycles. The van der Waals surface area contributed by atoms with E-state index in [1.54, 1.807) is 0 Å². The second kappa shape index (κ2) is 5.41. The Morgan fingerprint density at radius 1 is 0.917 bits per heavy atom. The summed E-state index contributed by atoms with van der Waals surface area (Å²) in [7, 11) is 2.04. The van der Waals surface area contributed by atoms with Crippen molar-refractivity contribution >= 4 is 17.3 Å². The van der Waals surface area contributed by atoms with Crippen LogP contribution in [0.15, 0.2) is 67.0 Å². The zero-order valence-corrected chi connectivity index (χ0v) is 14.3. The lowest BCUT2D eigenvalue weighted by molar-refractivity contribution is 0.493. The molecule has 2 heterocycles. The molecule has 4 nitrogen and oxygen atoms in total. The fourth-order valence-corrected chi connectivity index (χ4v) is 3.48. The smallest absolute Gasteiger partial charge is 0.211 e. The number of hydrogen-bond donors (Lipinski definition) is 0. The summed E-state index contributed by atoms with van der Waals surface area (Å²) in [5.74, 6) is 0.966. The molecule has 1 aliphatic heterocycles. The number of imidazole rings is 1. The summed E-state index contributed by atoms with van der Waals surface area (Å²) in [4.78, 5) is 9.28. The van der Waals surface area contributed by atoms with Crippen molar-refractivity contribution in [3.05, 3.63) is 72.6 Å². The molecule has 0 aliphatic carbocycles. The van der Waals surface area contributed by atoms with E-state index in [9.17, 15) is 0 Å². The van der Waals surface area contributed by atoms with Gasteiger partial charge in [0, 0.05) is 19.4 Å². The highest BCUT2D eigenvalue weighted by Gasteiger charge is 2.38. The first-order valence-corrected chi connectivity index (χ1v) is 8.26. The lowest BCUT2D eigenvalue weighted by atomic mass is 9.92. The van der Waals surface area contributed by atoms with Gasteiger partial charge in [0.05, 0.1) is 23.6 Å². The third kappa shape index (κ3) is 2.18. The Bertz CT molecular complexity index is 851. The van der Waals surface area contributed by atoms with Gasteiger partial charge < -0.3 is 9.47 Å². The fourth-order valence-electron chi connectivity index (χ4n) is 3.48. The summed E-state index contributed by atoms with van der Waals surface area (Å²) in [6.07, 6.45) is 3.84. The molecule has 0 N–H and O–H groups in total. The highest BCUT2D eigenvalue weighted by atomic mass is 15.4. The largest absolute Gasteiger partial charge is 0.342 e. The number of aryl methyl sites for hydroxylation is 1. The van der Waals surface area contributed by atoms with Crippen molar-refractivity contribution in [1.29, 1.82) is 0 Å². The van der Waals surface area contributed by atoms with Gasteiger partial charge in [-0.15, -0.1) is 0 Å². The van der Waals surface area contributed by atoms with Gasteiger partial charge in [-0.25, -0.2) is 4.98 Å². The zero-order chi connectivity index (χ0) is 16.7. The van der Waals surface area contributed by atoms with E-state index < -0.39 is 0 Å². The van der Waals surface area contributed by atoms with Crippen LogP contribution in [0.3, 0.4) is 0 Å². The molecule has 0 radical (unpaired) electrons. The third-order valence-corrected chi connectivity index (χ3v) is 4.94. The normalized spacial score (nSPS) is 14.1. The Balaban J connectivity index is 1.80. The molecule has 0 saturated carbocycles. The van der Waals surface area contributed by atoms with Crippen molar-refractivity contribution in [2.45, 2.75) is 19.4 Å². The molecule has 4 heteroatoms. The lowest BCUT2D eigenvalue weighted by Gasteiger charge is -2.38. The number of benzene rings is 2. The highest BCUT2D eigenvalue weighted by Crippen LogP contribution is 2.45. The number of anilines is 3. The molecule has 0 unspecified atom stereocenters. The van der Waals surface area contributed by atoms with Gasteiger partial charge in [0.2, 0.25) is 5.95 Å². The molecule has 0 spiro atoms. The minimum Gasteiger partial charge on any atom is -0.342 e.